The second kappa shape index (κ2) is 16.4. The summed E-state index contributed by atoms with van der Waals surface area (Å²) in [5, 5.41) is 7.78. The number of likely N-dealkylation sites (tertiary alicyclic amines) is 2. The summed E-state index contributed by atoms with van der Waals surface area (Å²) in [5.74, 6) is 1.66. The van der Waals surface area contributed by atoms with Gasteiger partial charge in [-0.3, -0.25) is 9.59 Å². The van der Waals surface area contributed by atoms with Crippen LogP contribution in [0.1, 0.15) is 110 Å². The van der Waals surface area contributed by atoms with Crippen molar-refractivity contribution in [2.45, 2.75) is 124 Å². The Morgan fingerprint density at radius 3 is 1.89 bits per heavy atom. The minimum Gasteiger partial charge on any atom is -0.488 e. The third-order valence-corrected chi connectivity index (χ3v) is 13.2. The van der Waals surface area contributed by atoms with Crippen molar-refractivity contribution in [2.24, 2.45) is 10.8 Å². The highest BCUT2D eigenvalue weighted by atomic mass is 35.5. The Hall–Kier alpha value is -5.83. The lowest BCUT2D eigenvalue weighted by Crippen LogP contribution is -2.55. The topological polar surface area (TPSA) is 184 Å². The number of halogens is 1. The van der Waals surface area contributed by atoms with Crippen LogP contribution < -0.4 is 15.4 Å². The zero-order chi connectivity index (χ0) is 45.3. The normalized spacial score (nSPS) is 20.8. The van der Waals surface area contributed by atoms with Gasteiger partial charge in [0.2, 0.25) is 11.8 Å². The molecule has 6 atom stereocenters. The van der Waals surface area contributed by atoms with Crippen LogP contribution in [0, 0.1) is 10.8 Å². The average Bonchev–Trinajstić information content (AvgIpc) is 4.04. The summed E-state index contributed by atoms with van der Waals surface area (Å²) in [5.41, 5.74) is 4.99. The number of aromatic nitrogens is 4. The minimum absolute atomic E-state index is 0.0501. The summed E-state index contributed by atoms with van der Waals surface area (Å²) in [6, 6.07) is 12.0. The number of nitrogens with one attached hydrogen (secondary N) is 4. The number of rotatable bonds is 7. The van der Waals surface area contributed by atoms with E-state index < -0.39 is 35.1 Å². The fourth-order valence-corrected chi connectivity index (χ4v) is 9.79. The number of carbonyl (C=O) groups excluding carboxylic acids is 4. The second-order valence-electron chi connectivity index (χ2n) is 19.3. The minimum atomic E-state index is -0.809. The van der Waals surface area contributed by atoms with Gasteiger partial charge >= 0.3 is 12.2 Å². The van der Waals surface area contributed by atoms with Crippen molar-refractivity contribution in [1.82, 2.24) is 40.4 Å². The molecule has 5 heterocycles. The maximum atomic E-state index is 14.2. The molecule has 0 unspecified atom stereocenters. The molecule has 5 aromatic rings. The van der Waals surface area contributed by atoms with Crippen LogP contribution in [0.5, 0.6) is 5.75 Å². The van der Waals surface area contributed by atoms with Gasteiger partial charge in [-0.05, 0) is 91.1 Å². The molecule has 16 heteroatoms. The molecule has 2 aromatic heterocycles. The van der Waals surface area contributed by atoms with Crippen molar-refractivity contribution in [2.75, 3.05) is 14.2 Å². The highest BCUT2D eigenvalue weighted by molar-refractivity contribution is 6.32. The molecule has 63 heavy (non-hydrogen) atoms. The summed E-state index contributed by atoms with van der Waals surface area (Å²) in [7, 11) is 2.58. The van der Waals surface area contributed by atoms with Gasteiger partial charge in [0.15, 0.2) is 5.15 Å². The van der Waals surface area contributed by atoms with Crippen molar-refractivity contribution in [1.29, 1.82) is 0 Å². The van der Waals surface area contributed by atoms with E-state index in [1.165, 1.54) is 14.2 Å². The van der Waals surface area contributed by atoms with Crippen LogP contribution in [0.15, 0.2) is 42.5 Å². The summed E-state index contributed by atoms with van der Waals surface area (Å²) >= 11 is 6.85. The van der Waals surface area contributed by atoms with E-state index in [0.717, 1.165) is 69.1 Å². The first kappa shape index (κ1) is 43.8. The van der Waals surface area contributed by atoms with E-state index >= 15 is 0 Å². The fraction of sp³-hybridized carbons (Fsp3) is 0.489. The largest absolute Gasteiger partial charge is 0.488 e. The molecule has 4 amide bonds. The van der Waals surface area contributed by atoms with Crippen LogP contribution in [-0.4, -0.2) is 92.1 Å². The van der Waals surface area contributed by atoms with E-state index in [2.05, 4.69) is 50.9 Å². The quantitative estimate of drug-likeness (QED) is 0.124. The van der Waals surface area contributed by atoms with Gasteiger partial charge in [-0.15, -0.1) is 0 Å². The second-order valence-corrected chi connectivity index (χ2v) is 19.7. The number of amides is 4. The molecule has 3 aliphatic heterocycles. The highest BCUT2D eigenvalue weighted by Crippen LogP contribution is 2.45. The fourth-order valence-electron chi connectivity index (χ4n) is 9.54. The van der Waals surface area contributed by atoms with Crippen molar-refractivity contribution >= 4 is 57.4 Å². The molecule has 4 N–H and O–H groups in total. The van der Waals surface area contributed by atoms with Crippen molar-refractivity contribution in [3.63, 3.8) is 0 Å². The van der Waals surface area contributed by atoms with Gasteiger partial charge in [0, 0.05) is 28.6 Å². The Balaban J connectivity index is 1.07. The van der Waals surface area contributed by atoms with Gasteiger partial charge in [-0.2, -0.15) is 0 Å². The number of hydrogen-bond acceptors (Lipinski definition) is 9. The number of methoxy groups -OCH3 is 2. The van der Waals surface area contributed by atoms with Crippen LogP contribution in [0.3, 0.4) is 0 Å². The van der Waals surface area contributed by atoms with Crippen LogP contribution >= 0.6 is 11.6 Å². The number of fused-ring (bicyclic) bond motifs is 6. The maximum Gasteiger partial charge on any atom is 0.407 e. The Labute approximate surface area is 372 Å². The number of ether oxygens (including phenoxy) is 3. The molecule has 0 bridgehead atoms. The lowest BCUT2D eigenvalue weighted by Gasteiger charge is -2.36. The van der Waals surface area contributed by atoms with Crippen molar-refractivity contribution < 1.29 is 33.4 Å². The third kappa shape index (κ3) is 8.04. The van der Waals surface area contributed by atoms with E-state index in [4.69, 9.17) is 35.8 Å². The molecule has 3 aromatic carbocycles. The Morgan fingerprint density at radius 1 is 0.762 bits per heavy atom. The number of aromatic amines is 2. The van der Waals surface area contributed by atoms with Crippen molar-refractivity contribution in [3.8, 4) is 28.1 Å². The standard InChI is InChI=1S/C47H57ClN8O7/c1-23-11-17-32(55(23)42(57)37(46(3,4)5)52-44(59)61-9)40-49-31-16-14-25-20-30-28-15-13-26(19-27(28)22-63-34(30)21-29(25)36(31)51-40)35-39(48)54-41(50-35)33-18-12-24(2)56(33)43(58)38(47(6,7)8)53-45(60)62-10/h13-16,19-21,23-24,32-33,37-38H,11-12,17-18,22H2,1-10H3,(H,49,51)(H,50,54)(H,52,59)(H,53,60)/t23-,24-,32-,33-,37+,38+/m0/s1. The molecule has 15 nitrogen and oxygen atoms in total. The van der Waals surface area contributed by atoms with Crippen molar-refractivity contribution in [3.05, 3.63) is 64.8 Å². The summed E-state index contributed by atoms with van der Waals surface area (Å²) < 4.78 is 16.2. The number of imidazole rings is 2. The Kier molecular flexibility index (Phi) is 11.4. The Morgan fingerprint density at radius 2 is 1.33 bits per heavy atom. The van der Waals surface area contributed by atoms with Gasteiger partial charge in [0.1, 0.15) is 36.1 Å². The molecule has 334 valence electrons. The van der Waals surface area contributed by atoms with E-state index in [-0.39, 0.29) is 36.0 Å². The highest BCUT2D eigenvalue weighted by Gasteiger charge is 2.46. The molecule has 8 rings (SSSR count). The molecule has 2 saturated heterocycles. The number of nitrogens with zero attached hydrogens (tertiary/aromatic N) is 4. The average molecular weight is 881 g/mol. The van der Waals surface area contributed by atoms with Gasteiger partial charge in [0.25, 0.3) is 0 Å². The number of alkyl carbamates (subject to hydrolysis) is 2. The summed E-state index contributed by atoms with van der Waals surface area (Å²) in [6.45, 7) is 15.9. The zero-order valence-corrected chi connectivity index (χ0v) is 38.3. The van der Waals surface area contributed by atoms with Crippen LogP contribution in [0.25, 0.3) is 44.2 Å². The molecule has 0 aliphatic carbocycles. The van der Waals surface area contributed by atoms with Gasteiger partial charge in [-0.1, -0.05) is 71.3 Å². The Bertz CT molecular complexity index is 2630. The molecular formula is C47H57ClN8O7. The molecule has 0 spiro atoms. The van der Waals surface area contributed by atoms with Gasteiger partial charge < -0.3 is 44.6 Å². The lowest BCUT2D eigenvalue weighted by atomic mass is 9.85. The first-order valence-corrected chi connectivity index (χ1v) is 22.0. The smallest absolute Gasteiger partial charge is 0.407 e. The van der Waals surface area contributed by atoms with E-state index in [9.17, 15) is 19.2 Å². The molecule has 0 saturated carbocycles. The first-order valence-electron chi connectivity index (χ1n) is 21.6. The summed E-state index contributed by atoms with van der Waals surface area (Å²) in [6.07, 6.45) is 1.68. The number of H-pyrrole nitrogens is 2. The molecule has 3 aliphatic rings. The summed E-state index contributed by atoms with van der Waals surface area (Å²) in [4.78, 5) is 73.4. The van der Waals surface area contributed by atoms with Crippen LogP contribution in [-0.2, 0) is 25.7 Å². The number of carbonyl (C=O) groups is 4. The SMILES string of the molecule is COC(=O)N[C@H](C(=O)N1[C@@H](C)CC[C@H]1c1nc(Cl)c(-c2ccc3c(c2)COc2cc4c(ccc5nc([C@@H]6CC[C@H](C)N6C(=O)[C@@H](NC(=O)OC)C(C)(C)C)[nH]c54)cc2-3)[nH]1)C(C)(C)C. The predicted molar refractivity (Wildman–Crippen MR) is 240 cm³/mol. The predicted octanol–water partition coefficient (Wildman–Crippen LogP) is 8.96. The zero-order valence-electron chi connectivity index (χ0n) is 37.6. The van der Waals surface area contributed by atoms with E-state index in [0.29, 0.717) is 35.5 Å². The number of benzene rings is 3. The maximum absolute atomic E-state index is 14.2. The van der Waals surface area contributed by atoms with Gasteiger partial charge in [0.05, 0.1) is 43.0 Å². The molecule has 2 fully saturated rings. The van der Waals surface area contributed by atoms with Crippen LogP contribution in [0.4, 0.5) is 9.59 Å². The third-order valence-electron chi connectivity index (χ3n) is 12.9. The van der Waals surface area contributed by atoms with E-state index in [1.807, 2.05) is 77.3 Å². The van der Waals surface area contributed by atoms with Crippen LogP contribution in [0.2, 0.25) is 5.15 Å². The van der Waals surface area contributed by atoms with E-state index in [1.54, 1.807) is 0 Å². The molecule has 0 radical (unpaired) electrons. The lowest BCUT2D eigenvalue weighted by molar-refractivity contribution is -0.139. The first-order chi connectivity index (χ1) is 29.8. The number of hydrogen-bond donors (Lipinski definition) is 4. The molecular weight excluding hydrogens is 824 g/mol. The monoisotopic (exact) mass is 880 g/mol. The van der Waals surface area contributed by atoms with Gasteiger partial charge in [-0.25, -0.2) is 19.6 Å².